The normalized spacial score (nSPS) is 11.4. The van der Waals surface area contributed by atoms with E-state index in [1.165, 1.54) is 0 Å². The van der Waals surface area contributed by atoms with Gasteiger partial charge in [-0.25, -0.2) is 0 Å². The van der Waals surface area contributed by atoms with Crippen LogP contribution in [0.2, 0.25) is 0 Å². The molecule has 3 aromatic rings. The molecule has 0 spiro atoms. The fourth-order valence-electron chi connectivity index (χ4n) is 3.32. The summed E-state index contributed by atoms with van der Waals surface area (Å²) in [5.41, 5.74) is 1.41. The first-order valence-corrected chi connectivity index (χ1v) is 9.05. The number of benzene rings is 2. The van der Waals surface area contributed by atoms with Crippen LogP contribution in [0.3, 0.4) is 0 Å². The third-order valence-corrected chi connectivity index (χ3v) is 4.64. The van der Waals surface area contributed by atoms with E-state index < -0.39 is 17.4 Å². The highest BCUT2D eigenvalue weighted by molar-refractivity contribution is 6.11. The predicted molar refractivity (Wildman–Crippen MR) is 104 cm³/mol. The lowest BCUT2D eigenvalue weighted by molar-refractivity contribution is -0.163. The first kappa shape index (κ1) is 18.7. The third kappa shape index (κ3) is 3.21. The van der Waals surface area contributed by atoms with Crippen LogP contribution in [0.4, 0.5) is 0 Å². The van der Waals surface area contributed by atoms with Crippen molar-refractivity contribution >= 4 is 22.8 Å². The molecule has 0 radical (unpaired) electrons. The second kappa shape index (κ2) is 7.66. The van der Waals surface area contributed by atoms with Gasteiger partial charge in [0.25, 0.3) is 0 Å². The van der Waals surface area contributed by atoms with Gasteiger partial charge in [-0.1, -0.05) is 48.5 Å². The van der Waals surface area contributed by atoms with E-state index in [1.54, 1.807) is 20.8 Å². The first-order chi connectivity index (χ1) is 13.0. The van der Waals surface area contributed by atoms with Crippen LogP contribution in [0.1, 0.15) is 26.3 Å². The number of rotatable bonds is 6. The molecular weight excluding hydrogens is 342 g/mol. The van der Waals surface area contributed by atoms with E-state index in [4.69, 9.17) is 9.47 Å². The Morgan fingerprint density at radius 1 is 0.889 bits per heavy atom. The van der Waals surface area contributed by atoms with Crippen LogP contribution in [0.5, 0.6) is 0 Å². The molecule has 0 fully saturated rings. The second-order valence-electron chi connectivity index (χ2n) is 6.35. The van der Waals surface area contributed by atoms with Gasteiger partial charge < -0.3 is 14.5 Å². The number of hydrogen-bond donors (Lipinski definition) is 1. The van der Waals surface area contributed by atoms with E-state index in [-0.39, 0.29) is 13.2 Å². The van der Waals surface area contributed by atoms with Crippen LogP contribution in [-0.2, 0) is 24.5 Å². The van der Waals surface area contributed by atoms with E-state index >= 15 is 0 Å². The van der Waals surface area contributed by atoms with Crippen LogP contribution in [0.25, 0.3) is 22.2 Å². The van der Waals surface area contributed by atoms with Gasteiger partial charge in [0.2, 0.25) is 0 Å². The monoisotopic (exact) mass is 365 g/mol. The Morgan fingerprint density at radius 2 is 1.44 bits per heavy atom. The van der Waals surface area contributed by atoms with Crippen LogP contribution >= 0.6 is 0 Å². The standard InChI is InChI=1S/C22H23NO4/c1-4-26-20(24)22(3,21(25)27-5-2)18-16-13-9-10-14-17(16)23-19(18)15-11-7-6-8-12-15/h6-14,23H,4-5H2,1-3H3. The Balaban J connectivity index is 2.34. The maximum Gasteiger partial charge on any atom is 0.327 e. The molecule has 0 aliphatic carbocycles. The highest BCUT2D eigenvalue weighted by atomic mass is 16.6. The summed E-state index contributed by atoms with van der Waals surface area (Å²) in [6, 6.07) is 17.2. The number of H-pyrrole nitrogens is 1. The molecule has 1 heterocycles. The number of hydrogen-bond acceptors (Lipinski definition) is 4. The van der Waals surface area contributed by atoms with Gasteiger partial charge in [-0.15, -0.1) is 0 Å². The lowest BCUT2D eigenvalue weighted by atomic mass is 9.79. The highest BCUT2D eigenvalue weighted by Crippen LogP contribution is 2.40. The van der Waals surface area contributed by atoms with E-state index in [9.17, 15) is 9.59 Å². The molecule has 3 rings (SSSR count). The molecule has 27 heavy (non-hydrogen) atoms. The zero-order valence-electron chi connectivity index (χ0n) is 15.7. The van der Waals surface area contributed by atoms with Crippen molar-refractivity contribution in [3.8, 4) is 11.3 Å². The molecule has 0 saturated carbocycles. The first-order valence-electron chi connectivity index (χ1n) is 9.05. The van der Waals surface area contributed by atoms with Crippen LogP contribution in [0, 0.1) is 0 Å². The van der Waals surface area contributed by atoms with Crippen LogP contribution in [-0.4, -0.2) is 30.1 Å². The van der Waals surface area contributed by atoms with Gasteiger partial charge in [0, 0.05) is 16.5 Å². The minimum absolute atomic E-state index is 0.177. The summed E-state index contributed by atoms with van der Waals surface area (Å²) < 4.78 is 10.6. The maximum absolute atomic E-state index is 13.0. The van der Waals surface area contributed by atoms with Crippen molar-refractivity contribution < 1.29 is 19.1 Å². The average Bonchev–Trinajstić information content (AvgIpc) is 3.08. The van der Waals surface area contributed by atoms with E-state index in [2.05, 4.69) is 4.98 Å². The third-order valence-electron chi connectivity index (χ3n) is 4.64. The van der Waals surface area contributed by atoms with Crippen LogP contribution < -0.4 is 0 Å². The minimum atomic E-state index is -1.59. The lowest BCUT2D eigenvalue weighted by Crippen LogP contribution is -2.44. The van der Waals surface area contributed by atoms with Gasteiger partial charge in [0.15, 0.2) is 5.41 Å². The number of ether oxygens (including phenoxy) is 2. The summed E-state index contributed by atoms with van der Waals surface area (Å²) >= 11 is 0. The number of aromatic amines is 1. The smallest absolute Gasteiger partial charge is 0.327 e. The van der Waals surface area contributed by atoms with Gasteiger partial charge in [0.1, 0.15) is 0 Å². The number of fused-ring (bicyclic) bond motifs is 1. The molecular formula is C22H23NO4. The van der Waals surface area contributed by atoms with Gasteiger partial charge in [-0.2, -0.15) is 0 Å². The molecule has 0 amide bonds. The zero-order chi connectivity index (χ0) is 19.4. The summed E-state index contributed by atoms with van der Waals surface area (Å²) in [5.74, 6) is -1.24. The van der Waals surface area contributed by atoms with Gasteiger partial charge in [-0.05, 0) is 32.4 Å². The fourth-order valence-corrected chi connectivity index (χ4v) is 3.32. The molecule has 0 aliphatic heterocycles. The summed E-state index contributed by atoms with van der Waals surface area (Å²) in [6.45, 7) is 5.37. The van der Waals surface area contributed by atoms with Crippen molar-refractivity contribution in [3.05, 3.63) is 60.2 Å². The largest absolute Gasteiger partial charge is 0.465 e. The Morgan fingerprint density at radius 3 is 2.04 bits per heavy atom. The molecule has 0 bridgehead atoms. The maximum atomic E-state index is 13.0. The predicted octanol–water partition coefficient (Wildman–Crippen LogP) is 4.22. The average molecular weight is 365 g/mol. The zero-order valence-corrected chi connectivity index (χ0v) is 15.7. The highest BCUT2D eigenvalue weighted by Gasteiger charge is 2.49. The molecule has 1 N–H and O–H groups in total. The van der Waals surface area contributed by atoms with Crippen LogP contribution in [0.15, 0.2) is 54.6 Å². The molecule has 0 unspecified atom stereocenters. The lowest BCUT2D eigenvalue weighted by Gasteiger charge is -2.26. The molecule has 140 valence electrons. The second-order valence-corrected chi connectivity index (χ2v) is 6.35. The molecule has 2 aromatic carbocycles. The Kier molecular flexibility index (Phi) is 5.31. The fraction of sp³-hybridized carbons (Fsp3) is 0.273. The molecule has 5 nitrogen and oxygen atoms in total. The van der Waals surface area contributed by atoms with Crippen molar-refractivity contribution in [1.82, 2.24) is 4.98 Å². The molecule has 5 heteroatoms. The van der Waals surface area contributed by atoms with Gasteiger partial charge >= 0.3 is 11.9 Å². The molecule has 0 saturated heterocycles. The SMILES string of the molecule is CCOC(=O)C(C)(C(=O)OCC)c1c(-c2ccccc2)[nH]c2ccccc12. The number of para-hydroxylation sites is 1. The van der Waals surface area contributed by atoms with Crippen molar-refractivity contribution in [2.45, 2.75) is 26.2 Å². The molecule has 0 aliphatic rings. The van der Waals surface area contributed by atoms with Crippen molar-refractivity contribution in [1.29, 1.82) is 0 Å². The van der Waals surface area contributed by atoms with E-state index in [0.717, 1.165) is 16.5 Å². The van der Waals surface area contributed by atoms with E-state index in [0.29, 0.717) is 11.3 Å². The summed E-state index contributed by atoms with van der Waals surface area (Å²) in [5, 5.41) is 0.792. The quantitative estimate of drug-likeness (QED) is 0.525. The number of esters is 2. The molecule has 0 atom stereocenters. The van der Waals surface area contributed by atoms with Crippen molar-refractivity contribution in [2.24, 2.45) is 0 Å². The van der Waals surface area contributed by atoms with E-state index in [1.807, 2.05) is 54.6 Å². The number of carbonyl (C=O) groups is 2. The topological polar surface area (TPSA) is 68.4 Å². The number of nitrogens with one attached hydrogen (secondary N) is 1. The van der Waals surface area contributed by atoms with Crippen molar-refractivity contribution in [3.63, 3.8) is 0 Å². The van der Waals surface area contributed by atoms with Gasteiger partial charge in [-0.3, -0.25) is 9.59 Å². The number of aromatic nitrogens is 1. The van der Waals surface area contributed by atoms with Crippen molar-refractivity contribution in [2.75, 3.05) is 13.2 Å². The Hall–Kier alpha value is -3.08. The Labute approximate surface area is 158 Å². The van der Waals surface area contributed by atoms with Gasteiger partial charge in [0.05, 0.1) is 18.9 Å². The minimum Gasteiger partial charge on any atom is -0.465 e. The Bertz CT molecular complexity index is 941. The number of carbonyl (C=O) groups excluding carboxylic acids is 2. The molecule has 1 aromatic heterocycles. The summed E-state index contributed by atoms with van der Waals surface area (Å²) in [6.07, 6.45) is 0. The summed E-state index contributed by atoms with van der Waals surface area (Å²) in [7, 11) is 0. The summed E-state index contributed by atoms with van der Waals surface area (Å²) in [4.78, 5) is 29.3.